The van der Waals surface area contributed by atoms with Crippen molar-refractivity contribution in [2.45, 2.75) is 38.7 Å². The zero-order valence-electron chi connectivity index (χ0n) is 19.3. The molecule has 10 heteroatoms. The van der Waals surface area contributed by atoms with Gasteiger partial charge in [0, 0.05) is 13.5 Å². The topological polar surface area (TPSA) is 101 Å². The zero-order chi connectivity index (χ0) is 25.0. The van der Waals surface area contributed by atoms with Crippen LogP contribution in [0, 0.1) is 11.6 Å². The smallest absolute Gasteiger partial charge is 0.290 e. The molecule has 34 heavy (non-hydrogen) atoms. The monoisotopic (exact) mass is 488 g/mol. The van der Waals surface area contributed by atoms with Crippen LogP contribution in [0.2, 0.25) is 19.6 Å². The van der Waals surface area contributed by atoms with E-state index in [2.05, 4.69) is 5.32 Å². The Labute approximate surface area is 196 Å². The van der Waals surface area contributed by atoms with Gasteiger partial charge >= 0.3 is 0 Å². The molecule has 1 heterocycles. The number of carbonyl (C=O) groups is 2. The second kappa shape index (κ2) is 10.3. The van der Waals surface area contributed by atoms with Crippen LogP contribution in [0.5, 0.6) is 0 Å². The fourth-order valence-corrected chi connectivity index (χ4v) is 4.86. The predicted octanol–water partition coefficient (Wildman–Crippen LogP) is 3.22. The number of aromatic amines is 1. The van der Waals surface area contributed by atoms with Gasteiger partial charge in [-0.15, -0.1) is 0 Å². The number of ketones is 1. The van der Waals surface area contributed by atoms with Crippen molar-refractivity contribution in [3.05, 3.63) is 86.9 Å². The summed E-state index contributed by atoms with van der Waals surface area (Å²) in [4.78, 5) is 37.1. The standard InChI is InChI=1S/C24H26F2N2O5Si/c1-32-13-14-5-7-15(8-6-14)23(27-24(31)20-12-22(30)28-33-20)19(29)10-16-9-18(26)21(11-17(16)25)34(2,3)4/h5-9,11-12,23H,10,13H2,1-4H3,(H,27,31)(H,28,30). The molecule has 1 atom stereocenters. The molecule has 3 rings (SSSR count). The van der Waals surface area contributed by atoms with E-state index in [9.17, 15) is 23.2 Å². The van der Waals surface area contributed by atoms with E-state index in [1.807, 2.05) is 24.8 Å². The molecule has 2 N–H and O–H groups in total. The van der Waals surface area contributed by atoms with E-state index in [-0.39, 0.29) is 11.3 Å². The number of nitrogens with one attached hydrogen (secondary N) is 2. The minimum atomic E-state index is -2.12. The summed E-state index contributed by atoms with van der Waals surface area (Å²) in [6.45, 7) is 6.04. The molecule has 1 aromatic heterocycles. The summed E-state index contributed by atoms with van der Waals surface area (Å²) in [6, 6.07) is 8.69. The largest absolute Gasteiger partial charge is 0.380 e. The van der Waals surface area contributed by atoms with E-state index in [0.717, 1.165) is 23.8 Å². The van der Waals surface area contributed by atoms with Gasteiger partial charge in [0.25, 0.3) is 11.5 Å². The summed E-state index contributed by atoms with van der Waals surface area (Å²) in [5, 5.41) is 4.86. The van der Waals surface area contributed by atoms with E-state index in [0.29, 0.717) is 17.4 Å². The number of benzene rings is 2. The van der Waals surface area contributed by atoms with E-state index in [1.54, 1.807) is 31.4 Å². The molecule has 0 saturated heterocycles. The number of ether oxygens (including phenoxy) is 1. The normalized spacial score (nSPS) is 12.4. The number of rotatable bonds is 9. The molecular weight excluding hydrogens is 462 g/mol. The van der Waals surface area contributed by atoms with Crippen LogP contribution < -0.4 is 16.1 Å². The molecule has 1 unspecified atom stereocenters. The van der Waals surface area contributed by atoms with Gasteiger partial charge in [0.2, 0.25) is 5.76 Å². The van der Waals surface area contributed by atoms with Gasteiger partial charge in [-0.25, -0.2) is 8.78 Å². The van der Waals surface area contributed by atoms with Gasteiger partial charge < -0.3 is 14.6 Å². The first-order chi connectivity index (χ1) is 16.0. The van der Waals surface area contributed by atoms with Gasteiger partial charge in [0.05, 0.1) is 20.7 Å². The SMILES string of the molecule is COCc1ccc(C(NC(=O)c2cc(=O)[nH]o2)C(=O)Cc2cc(F)c([Si](C)(C)C)cc2F)cc1. The van der Waals surface area contributed by atoms with Gasteiger partial charge in [-0.05, 0) is 34.0 Å². The number of carbonyl (C=O) groups excluding carboxylic acids is 2. The van der Waals surface area contributed by atoms with Crippen molar-refractivity contribution in [1.82, 2.24) is 10.5 Å². The van der Waals surface area contributed by atoms with Crippen LogP contribution in [-0.2, 0) is 22.6 Å². The summed E-state index contributed by atoms with van der Waals surface area (Å²) < 4.78 is 39.4. The summed E-state index contributed by atoms with van der Waals surface area (Å²) in [5.74, 6) is -2.91. The Morgan fingerprint density at radius 1 is 1.09 bits per heavy atom. The molecule has 1 amide bonds. The third kappa shape index (κ3) is 5.94. The maximum atomic E-state index is 14.8. The number of amides is 1. The Morgan fingerprint density at radius 2 is 1.76 bits per heavy atom. The first-order valence-corrected chi connectivity index (χ1v) is 14.1. The minimum Gasteiger partial charge on any atom is -0.380 e. The zero-order valence-corrected chi connectivity index (χ0v) is 20.3. The quantitative estimate of drug-likeness (QED) is 0.451. The molecule has 0 fully saturated rings. The van der Waals surface area contributed by atoms with Crippen molar-refractivity contribution in [2.75, 3.05) is 7.11 Å². The highest BCUT2D eigenvalue weighted by atomic mass is 28.3. The second-order valence-corrected chi connectivity index (χ2v) is 14.0. The molecule has 0 radical (unpaired) electrons. The Hall–Kier alpha value is -3.37. The van der Waals surface area contributed by atoms with Crippen LogP contribution in [0.25, 0.3) is 0 Å². The first-order valence-electron chi connectivity index (χ1n) is 10.6. The van der Waals surface area contributed by atoms with Crippen molar-refractivity contribution in [3.63, 3.8) is 0 Å². The summed E-state index contributed by atoms with van der Waals surface area (Å²) >= 11 is 0. The number of H-pyrrole nitrogens is 1. The number of aromatic nitrogens is 1. The predicted molar refractivity (Wildman–Crippen MR) is 125 cm³/mol. The third-order valence-corrected chi connectivity index (χ3v) is 7.28. The maximum Gasteiger partial charge on any atom is 0.290 e. The van der Waals surface area contributed by atoms with E-state index in [1.165, 1.54) is 0 Å². The highest BCUT2D eigenvalue weighted by Crippen LogP contribution is 2.21. The first kappa shape index (κ1) is 25.3. The van der Waals surface area contributed by atoms with Crippen LogP contribution in [0.4, 0.5) is 8.78 Å². The Balaban J connectivity index is 1.92. The molecule has 3 aromatic rings. The lowest BCUT2D eigenvalue weighted by molar-refractivity contribution is -0.120. The number of hydrogen-bond donors (Lipinski definition) is 2. The fraction of sp³-hybridized carbons (Fsp3) is 0.292. The van der Waals surface area contributed by atoms with Crippen LogP contribution >= 0.6 is 0 Å². The highest BCUT2D eigenvalue weighted by Gasteiger charge is 2.28. The molecule has 0 bridgehead atoms. The lowest BCUT2D eigenvalue weighted by atomic mass is 9.96. The van der Waals surface area contributed by atoms with Crippen LogP contribution in [0.3, 0.4) is 0 Å². The Morgan fingerprint density at radius 3 is 2.32 bits per heavy atom. The van der Waals surface area contributed by atoms with Crippen LogP contribution in [-0.4, -0.2) is 32.0 Å². The average Bonchev–Trinajstić information content (AvgIpc) is 3.20. The molecule has 0 saturated carbocycles. The van der Waals surface area contributed by atoms with Crippen molar-refractivity contribution >= 4 is 25.0 Å². The molecule has 0 aliphatic rings. The van der Waals surface area contributed by atoms with Gasteiger partial charge in [-0.2, -0.15) is 5.16 Å². The van der Waals surface area contributed by atoms with Crippen molar-refractivity contribution in [2.24, 2.45) is 0 Å². The number of methoxy groups -OCH3 is 1. The maximum absolute atomic E-state index is 14.8. The number of Topliss-reactive ketones (excluding diaryl/α,β-unsaturated/α-hetero) is 1. The lowest BCUT2D eigenvalue weighted by Gasteiger charge is -2.20. The molecular formula is C24H26F2N2O5Si. The summed E-state index contributed by atoms with van der Waals surface area (Å²) in [7, 11) is -0.574. The Bertz CT molecular complexity index is 1250. The van der Waals surface area contributed by atoms with Gasteiger partial charge in [-0.3, -0.25) is 14.4 Å². The van der Waals surface area contributed by atoms with Crippen LogP contribution in [0.15, 0.2) is 51.8 Å². The van der Waals surface area contributed by atoms with E-state index < -0.39 is 49.4 Å². The van der Waals surface area contributed by atoms with E-state index >= 15 is 0 Å². The van der Waals surface area contributed by atoms with Gasteiger partial charge in [0.1, 0.15) is 17.7 Å². The number of hydrogen-bond acceptors (Lipinski definition) is 5. The number of halogens is 2. The molecule has 7 nitrogen and oxygen atoms in total. The molecule has 0 aliphatic carbocycles. The van der Waals surface area contributed by atoms with Crippen molar-refractivity contribution < 1.29 is 27.6 Å². The molecule has 180 valence electrons. The van der Waals surface area contributed by atoms with Crippen molar-refractivity contribution in [3.8, 4) is 0 Å². The van der Waals surface area contributed by atoms with Gasteiger partial charge in [-0.1, -0.05) is 43.9 Å². The summed E-state index contributed by atoms with van der Waals surface area (Å²) in [6.07, 6.45) is -0.448. The second-order valence-electron chi connectivity index (χ2n) is 8.97. The molecule has 0 spiro atoms. The average molecular weight is 489 g/mol. The Kier molecular flexibility index (Phi) is 7.63. The fourth-order valence-electron chi connectivity index (χ4n) is 3.51. The third-order valence-electron chi connectivity index (χ3n) is 5.28. The van der Waals surface area contributed by atoms with Crippen LogP contribution in [0.1, 0.15) is 33.3 Å². The highest BCUT2D eigenvalue weighted by molar-refractivity contribution is 6.88. The van der Waals surface area contributed by atoms with Crippen molar-refractivity contribution in [1.29, 1.82) is 0 Å². The molecule has 2 aromatic carbocycles. The lowest BCUT2D eigenvalue weighted by Crippen LogP contribution is -2.40. The van der Waals surface area contributed by atoms with Gasteiger partial charge in [0.15, 0.2) is 5.78 Å². The summed E-state index contributed by atoms with van der Waals surface area (Å²) in [5.41, 5.74) is 0.552. The molecule has 0 aliphatic heterocycles. The van der Waals surface area contributed by atoms with E-state index in [4.69, 9.17) is 9.26 Å². The minimum absolute atomic E-state index is 0.104.